The molecule has 1 amide bonds. The van der Waals surface area contributed by atoms with Crippen LogP contribution in [0.15, 0.2) is 59.5 Å². The third kappa shape index (κ3) is 5.80. The third-order valence-electron chi connectivity index (χ3n) is 4.16. The van der Waals surface area contributed by atoms with Crippen molar-refractivity contribution in [3.8, 4) is 0 Å². The van der Waals surface area contributed by atoms with Gasteiger partial charge in [-0.05, 0) is 49.6 Å². The molecule has 0 saturated carbocycles. The monoisotopic (exact) mass is 389 g/mol. The van der Waals surface area contributed by atoms with Crippen molar-refractivity contribution in [3.05, 3.63) is 60.2 Å². The summed E-state index contributed by atoms with van der Waals surface area (Å²) in [5.74, 6) is 0.0900. The van der Waals surface area contributed by atoms with Gasteiger partial charge in [-0.3, -0.25) is 9.52 Å². The minimum Gasteiger partial charge on any atom is -0.346 e. The molecule has 146 valence electrons. The Morgan fingerprint density at radius 2 is 1.78 bits per heavy atom. The van der Waals surface area contributed by atoms with Crippen molar-refractivity contribution in [3.63, 3.8) is 0 Å². The summed E-state index contributed by atoms with van der Waals surface area (Å²) in [5, 5.41) is 2.97. The van der Waals surface area contributed by atoms with Gasteiger partial charge in [-0.2, -0.15) is 0 Å². The number of benzene rings is 2. The van der Waals surface area contributed by atoms with E-state index in [4.69, 9.17) is 5.73 Å². The first-order valence-electron chi connectivity index (χ1n) is 8.86. The van der Waals surface area contributed by atoms with Gasteiger partial charge in [0.1, 0.15) is 0 Å². The van der Waals surface area contributed by atoms with E-state index in [2.05, 4.69) is 23.9 Å². The first-order valence-corrected chi connectivity index (χ1v) is 10.3. The van der Waals surface area contributed by atoms with Gasteiger partial charge < -0.3 is 11.1 Å². The fourth-order valence-corrected chi connectivity index (χ4v) is 4.04. The molecular weight excluding hydrogens is 362 g/mol. The number of amides is 1. The molecule has 0 radical (unpaired) electrons. The Kier molecular flexibility index (Phi) is 6.62. The zero-order chi connectivity index (χ0) is 20.1. The normalized spacial score (nSPS) is 13.8. The highest BCUT2D eigenvalue weighted by atomic mass is 32.2. The molecule has 0 spiro atoms. The van der Waals surface area contributed by atoms with Gasteiger partial charge in [0.25, 0.3) is 15.9 Å². The smallest absolute Gasteiger partial charge is 0.261 e. The van der Waals surface area contributed by atoms with Crippen molar-refractivity contribution < 1.29 is 13.2 Å². The van der Waals surface area contributed by atoms with Gasteiger partial charge in [0.15, 0.2) is 0 Å². The number of carbonyl (C=O) groups excluding carboxylic acids is 1. The van der Waals surface area contributed by atoms with Crippen LogP contribution in [0.5, 0.6) is 0 Å². The highest BCUT2D eigenvalue weighted by Crippen LogP contribution is 2.19. The van der Waals surface area contributed by atoms with Crippen LogP contribution in [0.3, 0.4) is 0 Å². The molecule has 4 N–H and O–H groups in total. The quantitative estimate of drug-likeness (QED) is 0.646. The van der Waals surface area contributed by atoms with Crippen molar-refractivity contribution in [1.29, 1.82) is 0 Å². The predicted molar refractivity (Wildman–Crippen MR) is 108 cm³/mol. The molecular formula is C20H27N3O3S. The number of nitrogens with two attached hydrogens (primary N) is 1. The number of hydrogen-bond donors (Lipinski definition) is 3. The molecule has 27 heavy (non-hydrogen) atoms. The van der Waals surface area contributed by atoms with E-state index in [0.29, 0.717) is 23.7 Å². The zero-order valence-electron chi connectivity index (χ0n) is 15.9. The maximum Gasteiger partial charge on any atom is 0.261 e. The Hall–Kier alpha value is -2.38. The average Bonchev–Trinajstić information content (AvgIpc) is 2.61. The van der Waals surface area contributed by atoms with Crippen molar-refractivity contribution >= 4 is 21.6 Å². The lowest BCUT2D eigenvalue weighted by Gasteiger charge is -2.31. The highest BCUT2D eigenvalue weighted by molar-refractivity contribution is 7.92. The molecule has 0 aliphatic carbocycles. The molecule has 0 aromatic heterocycles. The van der Waals surface area contributed by atoms with Gasteiger partial charge >= 0.3 is 0 Å². The number of hydrogen-bond acceptors (Lipinski definition) is 4. The summed E-state index contributed by atoms with van der Waals surface area (Å²) in [7, 11) is -3.71. The highest BCUT2D eigenvalue weighted by Gasteiger charge is 2.26. The van der Waals surface area contributed by atoms with Crippen LogP contribution in [0, 0.1) is 5.92 Å². The number of rotatable bonds is 8. The molecule has 2 aromatic rings. The van der Waals surface area contributed by atoms with E-state index in [1.54, 1.807) is 36.4 Å². The van der Waals surface area contributed by atoms with E-state index in [-0.39, 0.29) is 10.8 Å². The summed E-state index contributed by atoms with van der Waals surface area (Å²) in [5.41, 5.74) is 6.02. The van der Waals surface area contributed by atoms with Gasteiger partial charge in [-0.1, -0.05) is 38.1 Å². The van der Waals surface area contributed by atoms with E-state index in [0.717, 1.165) is 6.42 Å². The molecule has 1 atom stereocenters. The predicted octanol–water partition coefficient (Wildman–Crippen LogP) is 2.98. The Labute approximate surface area is 161 Å². The molecule has 1 unspecified atom stereocenters. The Bertz CT molecular complexity index is 882. The van der Waals surface area contributed by atoms with Gasteiger partial charge in [-0.25, -0.2) is 8.42 Å². The maximum absolute atomic E-state index is 12.6. The zero-order valence-corrected chi connectivity index (χ0v) is 16.7. The molecule has 0 fully saturated rings. The first-order chi connectivity index (χ1) is 12.6. The molecule has 2 aromatic carbocycles. The van der Waals surface area contributed by atoms with E-state index in [9.17, 15) is 13.2 Å². The minimum absolute atomic E-state index is 0.160. The van der Waals surface area contributed by atoms with Crippen molar-refractivity contribution in [2.45, 2.75) is 37.6 Å². The van der Waals surface area contributed by atoms with Crippen LogP contribution in [0.25, 0.3) is 0 Å². The first kappa shape index (κ1) is 20.9. The fourth-order valence-electron chi connectivity index (χ4n) is 2.97. The largest absolute Gasteiger partial charge is 0.346 e. The van der Waals surface area contributed by atoms with Crippen molar-refractivity contribution in [2.75, 3.05) is 11.3 Å². The molecule has 6 nitrogen and oxygen atoms in total. The van der Waals surface area contributed by atoms with Crippen LogP contribution in [0.4, 0.5) is 5.69 Å². The summed E-state index contributed by atoms with van der Waals surface area (Å²) < 4.78 is 27.4. The lowest BCUT2D eigenvalue weighted by Crippen LogP contribution is -2.52. The molecule has 0 saturated heterocycles. The van der Waals surface area contributed by atoms with E-state index in [1.165, 1.54) is 18.2 Å². The second kappa shape index (κ2) is 8.54. The summed E-state index contributed by atoms with van der Waals surface area (Å²) >= 11 is 0. The maximum atomic E-state index is 12.6. The van der Waals surface area contributed by atoms with Gasteiger partial charge in [0, 0.05) is 23.3 Å². The van der Waals surface area contributed by atoms with Gasteiger partial charge in [0.2, 0.25) is 0 Å². The van der Waals surface area contributed by atoms with E-state index >= 15 is 0 Å². The summed E-state index contributed by atoms with van der Waals surface area (Å²) in [4.78, 5) is 12.8. The molecule has 0 heterocycles. The summed E-state index contributed by atoms with van der Waals surface area (Å²) in [6.45, 7) is 6.36. The number of anilines is 1. The fraction of sp³-hybridized carbons (Fsp3) is 0.350. The SMILES string of the molecule is CC(C)CC(C)(CN)NC(=O)c1cccc(NS(=O)(=O)c2ccccc2)c1. The minimum atomic E-state index is -3.71. The Morgan fingerprint density at radius 3 is 2.37 bits per heavy atom. The number of nitrogens with one attached hydrogen (secondary N) is 2. The van der Waals surface area contributed by atoms with Crippen LogP contribution in [-0.4, -0.2) is 26.4 Å². The van der Waals surface area contributed by atoms with Gasteiger partial charge in [0.05, 0.1) is 4.90 Å². The molecule has 7 heteroatoms. The third-order valence-corrected chi connectivity index (χ3v) is 5.55. The Balaban J connectivity index is 2.18. The number of carbonyl (C=O) groups is 1. The van der Waals surface area contributed by atoms with Crippen LogP contribution < -0.4 is 15.8 Å². The van der Waals surface area contributed by atoms with Crippen molar-refractivity contribution in [2.24, 2.45) is 11.7 Å². The second-order valence-electron chi connectivity index (χ2n) is 7.32. The lowest BCUT2D eigenvalue weighted by atomic mass is 9.90. The van der Waals surface area contributed by atoms with Crippen LogP contribution in [0.1, 0.15) is 37.6 Å². The van der Waals surface area contributed by atoms with E-state index in [1.807, 2.05) is 6.92 Å². The van der Waals surface area contributed by atoms with Crippen LogP contribution in [0.2, 0.25) is 0 Å². The number of sulfonamides is 1. The standard InChI is InChI=1S/C20H27N3O3S/c1-15(2)13-20(3,14-21)22-19(24)16-8-7-9-17(12-16)23-27(25,26)18-10-5-4-6-11-18/h4-12,15,23H,13-14,21H2,1-3H3,(H,22,24). The summed E-state index contributed by atoms with van der Waals surface area (Å²) in [6.07, 6.45) is 0.746. The van der Waals surface area contributed by atoms with Crippen molar-refractivity contribution in [1.82, 2.24) is 5.32 Å². The van der Waals surface area contributed by atoms with Gasteiger partial charge in [-0.15, -0.1) is 0 Å². The molecule has 0 bridgehead atoms. The Morgan fingerprint density at radius 1 is 1.11 bits per heavy atom. The molecule has 0 aliphatic rings. The van der Waals surface area contributed by atoms with Crippen LogP contribution >= 0.6 is 0 Å². The molecule has 0 aliphatic heterocycles. The summed E-state index contributed by atoms with van der Waals surface area (Å²) in [6, 6.07) is 14.5. The average molecular weight is 390 g/mol. The van der Waals surface area contributed by atoms with Crippen LogP contribution in [-0.2, 0) is 10.0 Å². The lowest BCUT2D eigenvalue weighted by molar-refractivity contribution is 0.0898. The van der Waals surface area contributed by atoms with E-state index < -0.39 is 15.6 Å². The second-order valence-corrected chi connectivity index (χ2v) is 9.00. The topological polar surface area (TPSA) is 101 Å². The molecule has 2 rings (SSSR count).